The Bertz CT molecular complexity index is 513. The summed E-state index contributed by atoms with van der Waals surface area (Å²) in [6.07, 6.45) is 2.02. The molecule has 0 amide bonds. The summed E-state index contributed by atoms with van der Waals surface area (Å²) in [5.41, 5.74) is 2.25. The van der Waals surface area contributed by atoms with Crippen molar-refractivity contribution in [2.45, 2.75) is 13.5 Å². The molecule has 1 fully saturated rings. The molecule has 0 radical (unpaired) electrons. The number of pyridine rings is 1. The Balaban J connectivity index is 1.89. The Kier molecular flexibility index (Phi) is 2.78. The summed E-state index contributed by atoms with van der Waals surface area (Å²) < 4.78 is 2.05. The van der Waals surface area contributed by atoms with Crippen molar-refractivity contribution in [3.8, 4) is 0 Å². The van der Waals surface area contributed by atoms with Crippen LogP contribution in [0.2, 0.25) is 0 Å². The maximum Gasteiger partial charge on any atom is 0.165 e. The van der Waals surface area contributed by atoms with Crippen LogP contribution in [0.4, 0.5) is 0 Å². The summed E-state index contributed by atoms with van der Waals surface area (Å²) in [6.45, 7) is 7.31. The van der Waals surface area contributed by atoms with Gasteiger partial charge in [-0.1, -0.05) is 6.07 Å². The largest absolute Gasteiger partial charge is 0.314 e. The van der Waals surface area contributed by atoms with Crippen molar-refractivity contribution in [1.82, 2.24) is 24.8 Å². The van der Waals surface area contributed by atoms with Crippen LogP contribution in [0.15, 0.2) is 18.3 Å². The minimum absolute atomic E-state index is 0.946. The molecule has 1 aliphatic heterocycles. The van der Waals surface area contributed by atoms with E-state index in [1.807, 2.05) is 13.1 Å². The number of nitrogens with zero attached hydrogens (tertiary/aromatic N) is 4. The molecule has 1 saturated heterocycles. The third kappa shape index (κ3) is 2.03. The molecule has 90 valence electrons. The molecule has 1 N–H and O–H groups in total. The van der Waals surface area contributed by atoms with Crippen molar-refractivity contribution < 1.29 is 0 Å². The topological polar surface area (TPSA) is 45.5 Å². The first-order valence-electron chi connectivity index (χ1n) is 6.07. The second kappa shape index (κ2) is 4.43. The lowest BCUT2D eigenvalue weighted by atomic mass is 10.2. The number of aryl methyl sites for hydroxylation is 1. The molecule has 5 heteroatoms. The quantitative estimate of drug-likeness (QED) is 0.815. The predicted octanol–water partition coefficient (Wildman–Crippen LogP) is 0.443. The van der Waals surface area contributed by atoms with Crippen molar-refractivity contribution in [1.29, 1.82) is 0 Å². The Hall–Kier alpha value is -1.46. The van der Waals surface area contributed by atoms with E-state index in [0.29, 0.717) is 0 Å². The second-order valence-electron chi connectivity index (χ2n) is 4.50. The fourth-order valence-electron chi connectivity index (χ4n) is 2.32. The van der Waals surface area contributed by atoms with Gasteiger partial charge in [-0.2, -0.15) is 0 Å². The molecule has 3 rings (SSSR count). The highest BCUT2D eigenvalue weighted by Gasteiger charge is 2.13. The minimum Gasteiger partial charge on any atom is -0.314 e. The Labute approximate surface area is 100 Å². The zero-order valence-electron chi connectivity index (χ0n) is 10.1. The first-order valence-corrected chi connectivity index (χ1v) is 6.07. The minimum atomic E-state index is 0.946. The van der Waals surface area contributed by atoms with Gasteiger partial charge in [0.1, 0.15) is 5.82 Å². The summed E-state index contributed by atoms with van der Waals surface area (Å²) >= 11 is 0. The van der Waals surface area contributed by atoms with E-state index in [0.717, 1.165) is 44.2 Å². The lowest BCUT2D eigenvalue weighted by Gasteiger charge is -2.27. The lowest BCUT2D eigenvalue weighted by molar-refractivity contribution is 0.233. The number of nitrogens with one attached hydrogen (secondary N) is 1. The van der Waals surface area contributed by atoms with Gasteiger partial charge in [-0.15, -0.1) is 10.2 Å². The fourth-order valence-corrected chi connectivity index (χ4v) is 2.32. The van der Waals surface area contributed by atoms with Crippen LogP contribution in [0.25, 0.3) is 5.65 Å². The van der Waals surface area contributed by atoms with Crippen molar-refractivity contribution >= 4 is 5.65 Å². The molecule has 1 aliphatic rings. The smallest absolute Gasteiger partial charge is 0.165 e. The maximum absolute atomic E-state index is 4.25. The SMILES string of the molecule is Cc1nnc2c(CN3CCNCC3)cccn12. The molecule has 0 bridgehead atoms. The third-order valence-corrected chi connectivity index (χ3v) is 3.29. The summed E-state index contributed by atoms with van der Waals surface area (Å²) in [6, 6.07) is 4.21. The average molecular weight is 231 g/mol. The predicted molar refractivity (Wildman–Crippen MR) is 65.9 cm³/mol. The molecule has 0 aliphatic carbocycles. The van der Waals surface area contributed by atoms with Crippen LogP contribution in [0.3, 0.4) is 0 Å². The van der Waals surface area contributed by atoms with E-state index in [9.17, 15) is 0 Å². The standard InChI is InChI=1S/C12H17N5/c1-10-14-15-12-11(3-2-6-17(10)12)9-16-7-4-13-5-8-16/h2-3,6,13H,4-5,7-9H2,1H3. The Morgan fingerprint density at radius 1 is 1.29 bits per heavy atom. The van der Waals surface area contributed by atoms with Crippen LogP contribution in [0.1, 0.15) is 11.4 Å². The van der Waals surface area contributed by atoms with Crippen LogP contribution < -0.4 is 5.32 Å². The van der Waals surface area contributed by atoms with Gasteiger partial charge in [0, 0.05) is 44.5 Å². The van der Waals surface area contributed by atoms with Gasteiger partial charge in [0.25, 0.3) is 0 Å². The molecule has 0 saturated carbocycles. The summed E-state index contributed by atoms with van der Waals surface area (Å²) in [7, 11) is 0. The van der Waals surface area contributed by atoms with E-state index in [4.69, 9.17) is 0 Å². The van der Waals surface area contributed by atoms with Crippen LogP contribution in [0, 0.1) is 6.92 Å². The zero-order valence-corrected chi connectivity index (χ0v) is 10.1. The fraction of sp³-hybridized carbons (Fsp3) is 0.500. The van der Waals surface area contributed by atoms with Gasteiger partial charge in [-0.05, 0) is 13.0 Å². The lowest BCUT2D eigenvalue weighted by Crippen LogP contribution is -2.42. The van der Waals surface area contributed by atoms with Gasteiger partial charge in [-0.25, -0.2) is 0 Å². The molecule has 17 heavy (non-hydrogen) atoms. The van der Waals surface area contributed by atoms with Crippen molar-refractivity contribution in [3.05, 3.63) is 29.7 Å². The molecule has 2 aromatic heterocycles. The van der Waals surface area contributed by atoms with Gasteiger partial charge in [-0.3, -0.25) is 9.30 Å². The molecule has 3 heterocycles. The third-order valence-electron chi connectivity index (χ3n) is 3.29. The summed E-state index contributed by atoms with van der Waals surface area (Å²) in [5.74, 6) is 0.946. The number of hydrogen-bond acceptors (Lipinski definition) is 4. The summed E-state index contributed by atoms with van der Waals surface area (Å²) in [5, 5.41) is 11.8. The molecule has 0 aromatic carbocycles. The van der Waals surface area contributed by atoms with Gasteiger partial charge in [0.05, 0.1) is 0 Å². The molecule has 0 unspecified atom stereocenters. The van der Waals surface area contributed by atoms with Gasteiger partial charge < -0.3 is 5.32 Å². The highest BCUT2D eigenvalue weighted by atomic mass is 15.2. The normalized spacial score (nSPS) is 17.7. The number of piperazine rings is 1. The highest BCUT2D eigenvalue weighted by Crippen LogP contribution is 2.12. The highest BCUT2D eigenvalue weighted by molar-refractivity contribution is 5.47. The van der Waals surface area contributed by atoms with Crippen molar-refractivity contribution in [2.24, 2.45) is 0 Å². The van der Waals surface area contributed by atoms with Crippen molar-refractivity contribution in [3.63, 3.8) is 0 Å². The maximum atomic E-state index is 4.25. The van der Waals surface area contributed by atoms with E-state index in [2.05, 4.69) is 36.9 Å². The van der Waals surface area contributed by atoms with Crippen LogP contribution in [0.5, 0.6) is 0 Å². The van der Waals surface area contributed by atoms with E-state index in [1.165, 1.54) is 5.56 Å². The number of aromatic nitrogens is 3. The van der Waals surface area contributed by atoms with Crippen LogP contribution in [-0.2, 0) is 6.54 Å². The number of hydrogen-bond donors (Lipinski definition) is 1. The van der Waals surface area contributed by atoms with E-state index >= 15 is 0 Å². The van der Waals surface area contributed by atoms with E-state index in [-0.39, 0.29) is 0 Å². The molecule has 2 aromatic rings. The molecular formula is C12H17N5. The second-order valence-corrected chi connectivity index (χ2v) is 4.50. The first-order chi connectivity index (χ1) is 8.34. The number of rotatable bonds is 2. The van der Waals surface area contributed by atoms with Crippen LogP contribution >= 0.6 is 0 Å². The summed E-state index contributed by atoms with van der Waals surface area (Å²) in [4.78, 5) is 2.45. The Morgan fingerprint density at radius 3 is 2.94 bits per heavy atom. The van der Waals surface area contributed by atoms with Crippen LogP contribution in [-0.4, -0.2) is 45.7 Å². The Morgan fingerprint density at radius 2 is 2.12 bits per heavy atom. The molecule has 5 nitrogen and oxygen atoms in total. The van der Waals surface area contributed by atoms with Gasteiger partial charge >= 0.3 is 0 Å². The monoisotopic (exact) mass is 231 g/mol. The number of fused-ring (bicyclic) bond motifs is 1. The zero-order chi connectivity index (χ0) is 11.7. The van der Waals surface area contributed by atoms with Crippen molar-refractivity contribution in [2.75, 3.05) is 26.2 Å². The molecule has 0 atom stereocenters. The van der Waals surface area contributed by atoms with Gasteiger partial charge in [0.2, 0.25) is 0 Å². The van der Waals surface area contributed by atoms with E-state index < -0.39 is 0 Å². The first kappa shape index (κ1) is 10.7. The van der Waals surface area contributed by atoms with Gasteiger partial charge in [0.15, 0.2) is 5.65 Å². The molecule has 0 spiro atoms. The molecular weight excluding hydrogens is 214 g/mol. The van der Waals surface area contributed by atoms with E-state index in [1.54, 1.807) is 0 Å². The average Bonchev–Trinajstić information content (AvgIpc) is 2.74.